The van der Waals surface area contributed by atoms with Crippen LogP contribution in [0.1, 0.15) is 37.8 Å². The third-order valence-corrected chi connectivity index (χ3v) is 6.52. The van der Waals surface area contributed by atoms with E-state index in [9.17, 15) is 4.21 Å². The van der Waals surface area contributed by atoms with Crippen molar-refractivity contribution in [2.24, 2.45) is 10.7 Å². The van der Waals surface area contributed by atoms with Crippen molar-refractivity contribution in [3.05, 3.63) is 33.8 Å². The topological polar surface area (TPSA) is 67.5 Å². The molecule has 7 heteroatoms. The van der Waals surface area contributed by atoms with E-state index in [0.717, 1.165) is 24.8 Å². The van der Waals surface area contributed by atoms with Crippen molar-refractivity contribution in [3.8, 4) is 0 Å². The molecule has 0 aromatic heterocycles. The second-order valence-corrected chi connectivity index (χ2v) is 8.34. The molecule has 122 valence electrons. The van der Waals surface area contributed by atoms with E-state index in [4.69, 9.17) is 28.9 Å². The summed E-state index contributed by atoms with van der Waals surface area (Å²) >= 11 is 12.1. The maximum Gasteiger partial charge on any atom is 0.189 e. The van der Waals surface area contributed by atoms with Crippen LogP contribution in [0.5, 0.6) is 0 Å². The maximum atomic E-state index is 11.8. The zero-order valence-corrected chi connectivity index (χ0v) is 15.1. The number of hydrogen-bond donors (Lipinski definition) is 2. The molecule has 22 heavy (non-hydrogen) atoms. The first kappa shape index (κ1) is 17.6. The Morgan fingerprint density at radius 2 is 2.18 bits per heavy atom. The van der Waals surface area contributed by atoms with E-state index in [1.165, 1.54) is 0 Å². The number of guanidine groups is 1. The van der Waals surface area contributed by atoms with Crippen LogP contribution in [0.3, 0.4) is 0 Å². The summed E-state index contributed by atoms with van der Waals surface area (Å²) in [4.78, 5) is 4.37. The predicted octanol–water partition coefficient (Wildman–Crippen LogP) is 3.26. The van der Waals surface area contributed by atoms with Crippen LogP contribution in [0.15, 0.2) is 23.2 Å². The minimum absolute atomic E-state index is 0.0852. The van der Waals surface area contributed by atoms with E-state index in [0.29, 0.717) is 22.5 Å². The molecule has 0 heterocycles. The van der Waals surface area contributed by atoms with Gasteiger partial charge in [0, 0.05) is 27.1 Å². The van der Waals surface area contributed by atoms with E-state index in [2.05, 4.69) is 10.3 Å². The molecule has 0 saturated heterocycles. The van der Waals surface area contributed by atoms with Crippen LogP contribution in [0.25, 0.3) is 0 Å². The van der Waals surface area contributed by atoms with Crippen molar-refractivity contribution in [2.75, 3.05) is 12.8 Å². The molecule has 1 aliphatic rings. The monoisotopic (exact) mass is 361 g/mol. The van der Waals surface area contributed by atoms with Gasteiger partial charge in [-0.25, -0.2) is 0 Å². The van der Waals surface area contributed by atoms with Crippen molar-refractivity contribution in [2.45, 2.75) is 37.0 Å². The highest BCUT2D eigenvalue weighted by Gasteiger charge is 2.40. The molecule has 1 fully saturated rings. The third kappa shape index (κ3) is 3.94. The SMILES string of the molecule is CC(NC(N)=NCC1(S(C)=O)CCC1)c1ccc(Cl)cc1Cl. The van der Waals surface area contributed by atoms with E-state index < -0.39 is 10.8 Å². The van der Waals surface area contributed by atoms with Gasteiger partial charge in [0.2, 0.25) is 0 Å². The number of nitrogens with zero attached hydrogens (tertiary/aromatic N) is 1. The number of aliphatic imine (C=N–C) groups is 1. The average Bonchev–Trinajstić information content (AvgIpc) is 2.36. The van der Waals surface area contributed by atoms with Gasteiger partial charge in [0.1, 0.15) is 0 Å². The quantitative estimate of drug-likeness (QED) is 0.624. The number of hydrogen-bond acceptors (Lipinski definition) is 2. The number of halogens is 2. The molecular weight excluding hydrogens is 341 g/mol. The molecule has 2 rings (SSSR count). The van der Waals surface area contributed by atoms with Crippen molar-refractivity contribution in [1.82, 2.24) is 5.32 Å². The molecule has 4 nitrogen and oxygen atoms in total. The third-order valence-electron chi connectivity index (χ3n) is 4.21. The Bertz CT molecular complexity index is 602. The van der Waals surface area contributed by atoms with Gasteiger partial charge >= 0.3 is 0 Å². The second kappa shape index (κ2) is 7.20. The smallest absolute Gasteiger partial charge is 0.189 e. The summed E-state index contributed by atoms with van der Waals surface area (Å²) in [6, 6.07) is 5.27. The summed E-state index contributed by atoms with van der Waals surface area (Å²) in [5.74, 6) is 0.343. The number of benzene rings is 1. The lowest BCUT2D eigenvalue weighted by Gasteiger charge is -2.38. The number of nitrogens with two attached hydrogens (primary N) is 1. The van der Waals surface area contributed by atoms with Gasteiger partial charge in [-0.3, -0.25) is 9.20 Å². The van der Waals surface area contributed by atoms with E-state index >= 15 is 0 Å². The van der Waals surface area contributed by atoms with Crippen LogP contribution >= 0.6 is 23.2 Å². The van der Waals surface area contributed by atoms with Crippen molar-refractivity contribution in [1.29, 1.82) is 0 Å². The van der Waals surface area contributed by atoms with Crippen LogP contribution < -0.4 is 11.1 Å². The molecule has 1 aliphatic carbocycles. The molecular formula is C15H21Cl2N3OS. The summed E-state index contributed by atoms with van der Waals surface area (Å²) in [5, 5.41) is 4.30. The van der Waals surface area contributed by atoms with Gasteiger partial charge in [-0.1, -0.05) is 35.7 Å². The van der Waals surface area contributed by atoms with Gasteiger partial charge in [0.05, 0.1) is 17.3 Å². The lowest BCUT2D eigenvalue weighted by atomic mass is 9.84. The number of nitrogens with one attached hydrogen (secondary N) is 1. The first-order chi connectivity index (χ1) is 10.3. The van der Waals surface area contributed by atoms with E-state index in [1.807, 2.05) is 13.0 Å². The normalized spacial score (nSPS) is 20.1. The van der Waals surface area contributed by atoms with Crippen molar-refractivity contribution >= 4 is 40.0 Å². The summed E-state index contributed by atoms with van der Waals surface area (Å²) < 4.78 is 11.6. The lowest BCUT2D eigenvalue weighted by Crippen LogP contribution is -2.45. The van der Waals surface area contributed by atoms with E-state index in [1.54, 1.807) is 18.4 Å². The van der Waals surface area contributed by atoms with Crippen molar-refractivity contribution < 1.29 is 4.21 Å². The average molecular weight is 362 g/mol. The molecule has 1 aromatic rings. The molecule has 0 spiro atoms. The molecule has 2 atom stereocenters. The molecule has 0 aliphatic heterocycles. The Labute approximate surface area is 143 Å². The Balaban J connectivity index is 2.00. The Morgan fingerprint density at radius 1 is 1.50 bits per heavy atom. The fourth-order valence-electron chi connectivity index (χ4n) is 2.53. The van der Waals surface area contributed by atoms with Crippen molar-refractivity contribution in [3.63, 3.8) is 0 Å². The largest absolute Gasteiger partial charge is 0.370 e. The lowest BCUT2D eigenvalue weighted by molar-refractivity contribution is 0.360. The van der Waals surface area contributed by atoms with Crippen LogP contribution in [0.2, 0.25) is 10.0 Å². The Hall–Kier alpha value is -0.780. The van der Waals surface area contributed by atoms with Gasteiger partial charge in [0.25, 0.3) is 0 Å². The zero-order valence-electron chi connectivity index (χ0n) is 12.7. The first-order valence-electron chi connectivity index (χ1n) is 7.19. The van der Waals surface area contributed by atoms with E-state index in [-0.39, 0.29) is 10.8 Å². The molecule has 0 amide bonds. The van der Waals surface area contributed by atoms with Gasteiger partial charge in [0.15, 0.2) is 5.96 Å². The van der Waals surface area contributed by atoms with Crippen LogP contribution in [0, 0.1) is 0 Å². The van der Waals surface area contributed by atoms with Crippen LogP contribution in [-0.2, 0) is 10.8 Å². The maximum absolute atomic E-state index is 11.8. The zero-order chi connectivity index (χ0) is 16.3. The van der Waals surface area contributed by atoms with Gasteiger partial charge in [-0.2, -0.15) is 0 Å². The van der Waals surface area contributed by atoms with Gasteiger partial charge < -0.3 is 11.1 Å². The highest BCUT2D eigenvalue weighted by atomic mass is 35.5. The standard InChI is InChI=1S/C15H21Cl2N3OS/c1-10(12-5-4-11(16)8-13(12)17)20-14(18)19-9-15(22(2)21)6-3-7-15/h4-5,8,10H,3,6-7,9H2,1-2H3,(H3,18,19,20). The minimum Gasteiger partial charge on any atom is -0.370 e. The van der Waals surface area contributed by atoms with Crippen LogP contribution in [0.4, 0.5) is 0 Å². The molecule has 3 N–H and O–H groups in total. The fourth-order valence-corrected chi connectivity index (χ4v) is 4.22. The highest BCUT2D eigenvalue weighted by molar-refractivity contribution is 7.85. The highest BCUT2D eigenvalue weighted by Crippen LogP contribution is 2.37. The van der Waals surface area contributed by atoms with Gasteiger partial charge in [-0.15, -0.1) is 0 Å². The minimum atomic E-state index is -0.880. The summed E-state index contributed by atoms with van der Waals surface area (Å²) in [7, 11) is -0.880. The number of rotatable bonds is 5. The summed E-state index contributed by atoms with van der Waals surface area (Å²) in [6.07, 6.45) is 4.75. The molecule has 1 saturated carbocycles. The molecule has 2 unspecified atom stereocenters. The Kier molecular flexibility index (Phi) is 5.75. The molecule has 0 radical (unpaired) electrons. The predicted molar refractivity (Wildman–Crippen MR) is 95.2 cm³/mol. The Morgan fingerprint density at radius 3 is 2.68 bits per heavy atom. The fraction of sp³-hybridized carbons (Fsp3) is 0.533. The summed E-state index contributed by atoms with van der Waals surface area (Å²) in [6.45, 7) is 2.45. The van der Waals surface area contributed by atoms with Crippen LogP contribution in [-0.4, -0.2) is 27.7 Å². The second-order valence-electron chi connectivity index (χ2n) is 5.72. The summed E-state index contributed by atoms with van der Waals surface area (Å²) in [5.41, 5.74) is 6.85. The molecule has 0 bridgehead atoms. The first-order valence-corrected chi connectivity index (χ1v) is 9.50. The molecule has 1 aromatic carbocycles. The van der Waals surface area contributed by atoms with Gasteiger partial charge in [-0.05, 0) is 37.5 Å².